The standard InChI is InChI=1S/C16H15N3O/c17-9-19-7-10(8-20)4-13-12-2-1-3-14-16(12)11(6-18-14)5-15(13)19/h1-4,6,13,15,18,20H,5,7-8H2/t13-,15-/m1/s1. The van der Waals surface area contributed by atoms with Crippen LogP contribution in [0.2, 0.25) is 0 Å². The van der Waals surface area contributed by atoms with Crippen molar-refractivity contribution in [3.8, 4) is 6.19 Å². The van der Waals surface area contributed by atoms with Crippen molar-refractivity contribution in [1.29, 1.82) is 5.26 Å². The lowest BCUT2D eigenvalue weighted by Gasteiger charge is -2.40. The SMILES string of the molecule is N#CN1CC(CO)=C[C@@H]2c3cccc4[nH]cc(c34)C[C@H]21. The van der Waals surface area contributed by atoms with Crippen LogP contribution in [0.3, 0.4) is 0 Å². The number of aliphatic hydroxyl groups is 1. The van der Waals surface area contributed by atoms with Crippen molar-refractivity contribution >= 4 is 10.9 Å². The summed E-state index contributed by atoms with van der Waals surface area (Å²) in [5.74, 6) is 0.192. The Labute approximate surface area is 116 Å². The number of aromatic nitrogens is 1. The lowest BCUT2D eigenvalue weighted by molar-refractivity contribution is 0.242. The molecule has 0 saturated carbocycles. The Balaban J connectivity index is 1.94. The number of hydrogen-bond acceptors (Lipinski definition) is 3. The molecule has 0 bridgehead atoms. The first-order chi connectivity index (χ1) is 9.81. The Morgan fingerprint density at radius 2 is 2.35 bits per heavy atom. The Kier molecular flexibility index (Phi) is 2.38. The first kappa shape index (κ1) is 11.6. The molecule has 100 valence electrons. The third-order valence-electron chi connectivity index (χ3n) is 4.54. The van der Waals surface area contributed by atoms with Crippen LogP contribution in [0.5, 0.6) is 0 Å². The molecule has 1 aliphatic carbocycles. The topological polar surface area (TPSA) is 63.1 Å². The van der Waals surface area contributed by atoms with E-state index in [9.17, 15) is 10.4 Å². The van der Waals surface area contributed by atoms with Gasteiger partial charge in [-0.25, -0.2) is 0 Å². The molecule has 4 rings (SSSR count). The van der Waals surface area contributed by atoms with Crippen LogP contribution in [0.25, 0.3) is 10.9 Å². The molecular weight excluding hydrogens is 250 g/mol. The van der Waals surface area contributed by atoms with E-state index in [0.29, 0.717) is 6.54 Å². The maximum absolute atomic E-state index is 9.43. The quantitative estimate of drug-likeness (QED) is 0.611. The van der Waals surface area contributed by atoms with Crippen LogP contribution < -0.4 is 0 Å². The summed E-state index contributed by atoms with van der Waals surface area (Å²) >= 11 is 0. The van der Waals surface area contributed by atoms with Crippen molar-refractivity contribution < 1.29 is 5.11 Å². The zero-order valence-electron chi connectivity index (χ0n) is 11.0. The number of rotatable bonds is 1. The molecule has 0 spiro atoms. The van der Waals surface area contributed by atoms with Gasteiger partial charge < -0.3 is 15.0 Å². The van der Waals surface area contributed by atoms with Crippen LogP contribution in [0.4, 0.5) is 0 Å². The van der Waals surface area contributed by atoms with Crippen molar-refractivity contribution in [3.05, 3.63) is 47.2 Å². The van der Waals surface area contributed by atoms with Crippen molar-refractivity contribution in [3.63, 3.8) is 0 Å². The largest absolute Gasteiger partial charge is 0.392 e. The molecule has 2 aliphatic rings. The molecule has 0 saturated heterocycles. The van der Waals surface area contributed by atoms with E-state index >= 15 is 0 Å². The highest BCUT2D eigenvalue weighted by atomic mass is 16.3. The number of H-pyrrole nitrogens is 1. The van der Waals surface area contributed by atoms with Gasteiger partial charge in [0.2, 0.25) is 0 Å². The van der Waals surface area contributed by atoms with E-state index in [1.54, 1.807) is 0 Å². The van der Waals surface area contributed by atoms with Gasteiger partial charge in [-0.3, -0.25) is 0 Å². The van der Waals surface area contributed by atoms with Gasteiger partial charge in [0.15, 0.2) is 6.19 Å². The molecule has 4 heteroatoms. The summed E-state index contributed by atoms with van der Waals surface area (Å²) in [4.78, 5) is 5.13. The molecule has 1 aromatic carbocycles. The second-order valence-electron chi connectivity index (χ2n) is 5.59. The van der Waals surface area contributed by atoms with Gasteiger partial charge >= 0.3 is 0 Å². The van der Waals surface area contributed by atoms with E-state index < -0.39 is 0 Å². The number of aromatic amines is 1. The normalized spacial score (nSPS) is 24.2. The molecule has 1 aliphatic heterocycles. The summed E-state index contributed by atoms with van der Waals surface area (Å²) in [6, 6.07) is 6.45. The number of aliphatic hydroxyl groups excluding tert-OH is 1. The first-order valence-electron chi connectivity index (χ1n) is 6.87. The molecule has 0 amide bonds. The second kappa shape index (κ2) is 4.12. The molecule has 2 atom stereocenters. The van der Waals surface area contributed by atoms with E-state index in [1.807, 2.05) is 4.90 Å². The monoisotopic (exact) mass is 265 g/mol. The first-order valence-corrected chi connectivity index (χ1v) is 6.87. The highest BCUT2D eigenvalue weighted by Gasteiger charge is 2.36. The number of nitriles is 1. The Morgan fingerprint density at radius 3 is 3.15 bits per heavy atom. The summed E-state index contributed by atoms with van der Waals surface area (Å²) in [5.41, 5.74) is 4.65. The highest BCUT2D eigenvalue weighted by molar-refractivity contribution is 5.88. The number of hydrogen-bond donors (Lipinski definition) is 2. The number of fused-ring (bicyclic) bond motifs is 2. The average molecular weight is 265 g/mol. The molecule has 4 nitrogen and oxygen atoms in total. The minimum absolute atomic E-state index is 0.0252. The molecule has 2 N–H and O–H groups in total. The third kappa shape index (κ3) is 1.44. The Hall–Kier alpha value is -2.25. The molecule has 20 heavy (non-hydrogen) atoms. The van der Waals surface area contributed by atoms with E-state index in [0.717, 1.165) is 17.5 Å². The molecule has 2 heterocycles. The van der Waals surface area contributed by atoms with Crippen molar-refractivity contribution in [1.82, 2.24) is 9.88 Å². The molecule has 0 fully saturated rings. The summed E-state index contributed by atoms with van der Waals surface area (Å²) < 4.78 is 0. The van der Waals surface area contributed by atoms with Gasteiger partial charge in [-0.15, -0.1) is 0 Å². The highest BCUT2D eigenvalue weighted by Crippen LogP contribution is 2.41. The Morgan fingerprint density at radius 1 is 1.45 bits per heavy atom. The summed E-state index contributed by atoms with van der Waals surface area (Å²) in [7, 11) is 0. The summed E-state index contributed by atoms with van der Waals surface area (Å²) in [5, 5.41) is 20.1. The fraction of sp³-hybridized carbons (Fsp3) is 0.312. The minimum atomic E-state index is 0.0252. The van der Waals surface area contributed by atoms with Crippen LogP contribution in [0, 0.1) is 11.5 Å². The maximum Gasteiger partial charge on any atom is 0.179 e. The zero-order chi connectivity index (χ0) is 13.7. The van der Waals surface area contributed by atoms with Crippen LogP contribution >= 0.6 is 0 Å². The van der Waals surface area contributed by atoms with Gasteiger partial charge in [-0.2, -0.15) is 5.26 Å². The zero-order valence-corrected chi connectivity index (χ0v) is 11.0. The van der Waals surface area contributed by atoms with Crippen LogP contribution in [0.15, 0.2) is 36.0 Å². The Bertz CT molecular complexity index is 753. The lowest BCUT2D eigenvalue weighted by Crippen LogP contribution is -2.43. The van der Waals surface area contributed by atoms with Crippen molar-refractivity contribution in [2.45, 2.75) is 18.4 Å². The fourth-order valence-electron chi connectivity index (χ4n) is 3.64. The van der Waals surface area contributed by atoms with Gasteiger partial charge in [0.1, 0.15) is 0 Å². The molecule has 0 unspecified atom stereocenters. The van der Waals surface area contributed by atoms with Gasteiger partial charge in [-0.1, -0.05) is 18.2 Å². The lowest BCUT2D eigenvalue weighted by atomic mass is 9.77. The predicted molar refractivity (Wildman–Crippen MR) is 76.0 cm³/mol. The average Bonchev–Trinajstić information content (AvgIpc) is 2.91. The van der Waals surface area contributed by atoms with E-state index in [1.165, 1.54) is 16.5 Å². The van der Waals surface area contributed by atoms with Crippen molar-refractivity contribution in [2.75, 3.05) is 13.2 Å². The predicted octanol–water partition coefficient (Wildman–Crippen LogP) is 1.89. The maximum atomic E-state index is 9.43. The van der Waals surface area contributed by atoms with Gasteiger partial charge in [0, 0.05) is 23.0 Å². The van der Waals surface area contributed by atoms with Gasteiger partial charge in [-0.05, 0) is 29.2 Å². The molecule has 1 aromatic heterocycles. The van der Waals surface area contributed by atoms with Gasteiger partial charge in [0.25, 0.3) is 0 Å². The summed E-state index contributed by atoms with van der Waals surface area (Å²) in [6.45, 7) is 0.571. The summed E-state index contributed by atoms with van der Waals surface area (Å²) in [6.07, 6.45) is 7.39. The van der Waals surface area contributed by atoms with Crippen LogP contribution in [-0.2, 0) is 6.42 Å². The van der Waals surface area contributed by atoms with Crippen LogP contribution in [-0.4, -0.2) is 34.2 Å². The van der Waals surface area contributed by atoms with E-state index in [4.69, 9.17) is 0 Å². The van der Waals surface area contributed by atoms with Crippen molar-refractivity contribution in [2.24, 2.45) is 0 Å². The van der Waals surface area contributed by atoms with E-state index in [2.05, 4.69) is 41.6 Å². The van der Waals surface area contributed by atoms with E-state index in [-0.39, 0.29) is 18.6 Å². The number of nitrogens with one attached hydrogen (secondary N) is 1. The van der Waals surface area contributed by atoms with Gasteiger partial charge in [0.05, 0.1) is 19.2 Å². The second-order valence-corrected chi connectivity index (χ2v) is 5.59. The number of nitrogens with zero attached hydrogens (tertiary/aromatic N) is 2. The van der Waals surface area contributed by atoms with Crippen LogP contribution in [0.1, 0.15) is 17.0 Å². The smallest absolute Gasteiger partial charge is 0.179 e. The molecule has 2 aromatic rings. The molecular formula is C16H15N3O. The molecule has 0 radical (unpaired) electrons. The minimum Gasteiger partial charge on any atom is -0.392 e. The fourth-order valence-corrected chi connectivity index (χ4v) is 3.64. The third-order valence-corrected chi connectivity index (χ3v) is 4.54. The number of benzene rings is 1.